The predicted molar refractivity (Wildman–Crippen MR) is 104 cm³/mol. The Morgan fingerprint density at radius 3 is 2.22 bits per heavy atom. The SMILES string of the molecule is Cc1nc2ccc(OC(=O)CC(c3ccccc3)c3ccccc3)cc2o1. The number of carbonyl (C=O) groups is 1. The summed E-state index contributed by atoms with van der Waals surface area (Å²) in [5.41, 5.74) is 3.53. The van der Waals surface area contributed by atoms with Crippen molar-refractivity contribution in [1.29, 1.82) is 0 Å². The van der Waals surface area contributed by atoms with Gasteiger partial charge in [-0.1, -0.05) is 60.7 Å². The molecule has 0 amide bonds. The molecule has 1 aromatic heterocycles. The smallest absolute Gasteiger partial charge is 0.312 e. The van der Waals surface area contributed by atoms with E-state index in [1.165, 1.54) is 0 Å². The molecule has 0 saturated heterocycles. The summed E-state index contributed by atoms with van der Waals surface area (Å²) in [5, 5.41) is 0. The predicted octanol–water partition coefficient (Wildman–Crippen LogP) is 5.26. The largest absolute Gasteiger partial charge is 0.441 e. The zero-order valence-corrected chi connectivity index (χ0v) is 15.0. The van der Waals surface area contributed by atoms with Crippen LogP contribution in [0.2, 0.25) is 0 Å². The van der Waals surface area contributed by atoms with Crippen molar-refractivity contribution in [3.63, 3.8) is 0 Å². The normalized spacial score (nSPS) is 11.0. The fourth-order valence-corrected chi connectivity index (χ4v) is 3.22. The molecular weight excluding hydrogens is 338 g/mol. The summed E-state index contributed by atoms with van der Waals surface area (Å²) in [6.45, 7) is 1.79. The van der Waals surface area contributed by atoms with Crippen molar-refractivity contribution in [3.8, 4) is 5.75 Å². The number of aryl methyl sites for hydroxylation is 1. The number of ether oxygens (including phenoxy) is 1. The number of carbonyl (C=O) groups excluding carboxylic acids is 1. The van der Waals surface area contributed by atoms with Crippen molar-refractivity contribution >= 4 is 17.1 Å². The third-order valence-corrected chi connectivity index (χ3v) is 4.47. The first-order valence-electron chi connectivity index (χ1n) is 8.87. The van der Waals surface area contributed by atoms with E-state index >= 15 is 0 Å². The minimum Gasteiger partial charge on any atom is -0.441 e. The van der Waals surface area contributed by atoms with Crippen LogP contribution in [0.25, 0.3) is 11.1 Å². The molecule has 4 rings (SSSR count). The van der Waals surface area contributed by atoms with Gasteiger partial charge in [-0.3, -0.25) is 4.79 Å². The lowest BCUT2D eigenvalue weighted by Crippen LogP contribution is -2.14. The van der Waals surface area contributed by atoms with E-state index in [1.807, 2.05) is 60.7 Å². The summed E-state index contributed by atoms with van der Waals surface area (Å²) in [4.78, 5) is 16.9. The topological polar surface area (TPSA) is 52.3 Å². The van der Waals surface area contributed by atoms with E-state index in [0.29, 0.717) is 17.2 Å². The van der Waals surface area contributed by atoms with Crippen molar-refractivity contribution in [1.82, 2.24) is 4.98 Å². The van der Waals surface area contributed by atoms with Gasteiger partial charge in [0.2, 0.25) is 0 Å². The number of aromatic nitrogens is 1. The van der Waals surface area contributed by atoms with Gasteiger partial charge in [-0.05, 0) is 23.3 Å². The van der Waals surface area contributed by atoms with E-state index < -0.39 is 0 Å². The summed E-state index contributed by atoms with van der Waals surface area (Å²) in [7, 11) is 0. The highest BCUT2D eigenvalue weighted by atomic mass is 16.5. The summed E-state index contributed by atoms with van der Waals surface area (Å²) in [5.74, 6) is 0.699. The third kappa shape index (κ3) is 3.90. The van der Waals surface area contributed by atoms with Crippen molar-refractivity contribution in [2.75, 3.05) is 0 Å². The van der Waals surface area contributed by atoms with Crippen LogP contribution < -0.4 is 4.74 Å². The van der Waals surface area contributed by atoms with E-state index in [4.69, 9.17) is 9.15 Å². The molecule has 0 atom stereocenters. The molecule has 3 aromatic carbocycles. The van der Waals surface area contributed by atoms with E-state index in [2.05, 4.69) is 4.98 Å². The van der Waals surface area contributed by atoms with Crippen molar-refractivity contribution in [2.24, 2.45) is 0 Å². The third-order valence-electron chi connectivity index (χ3n) is 4.47. The van der Waals surface area contributed by atoms with Crippen LogP contribution in [0.4, 0.5) is 0 Å². The van der Waals surface area contributed by atoms with E-state index in [1.54, 1.807) is 25.1 Å². The van der Waals surface area contributed by atoms with Gasteiger partial charge < -0.3 is 9.15 Å². The van der Waals surface area contributed by atoms with Crippen LogP contribution in [0.1, 0.15) is 29.4 Å². The van der Waals surface area contributed by atoms with Gasteiger partial charge in [0.25, 0.3) is 0 Å². The van der Waals surface area contributed by atoms with E-state index in [0.717, 1.165) is 16.6 Å². The van der Waals surface area contributed by atoms with Gasteiger partial charge >= 0.3 is 5.97 Å². The molecule has 0 aliphatic rings. The molecule has 27 heavy (non-hydrogen) atoms. The van der Waals surface area contributed by atoms with E-state index in [9.17, 15) is 4.79 Å². The monoisotopic (exact) mass is 357 g/mol. The molecule has 0 spiro atoms. The Morgan fingerprint density at radius 2 is 1.59 bits per heavy atom. The molecule has 0 saturated carbocycles. The lowest BCUT2D eigenvalue weighted by molar-refractivity contribution is -0.134. The molecule has 0 bridgehead atoms. The molecule has 4 aromatic rings. The standard InChI is InChI=1S/C23H19NO3/c1-16-24-21-13-12-19(14-22(21)26-16)27-23(25)15-20(17-8-4-2-5-9-17)18-10-6-3-7-11-18/h2-14,20H,15H2,1H3. The second kappa shape index (κ2) is 7.46. The number of benzene rings is 3. The number of rotatable bonds is 5. The van der Waals surface area contributed by atoms with Crippen LogP contribution in [0, 0.1) is 6.92 Å². The minimum atomic E-state index is -0.289. The zero-order valence-electron chi connectivity index (χ0n) is 15.0. The van der Waals surface area contributed by atoms with Crippen LogP contribution in [0.15, 0.2) is 83.3 Å². The first kappa shape index (κ1) is 17.0. The molecule has 134 valence electrons. The van der Waals surface area contributed by atoms with Crippen molar-refractivity contribution in [2.45, 2.75) is 19.3 Å². The first-order valence-corrected chi connectivity index (χ1v) is 8.87. The zero-order chi connectivity index (χ0) is 18.6. The number of hydrogen-bond donors (Lipinski definition) is 0. The van der Waals surface area contributed by atoms with Gasteiger partial charge in [0.1, 0.15) is 11.3 Å². The van der Waals surface area contributed by atoms with Crippen LogP contribution in [-0.2, 0) is 4.79 Å². The van der Waals surface area contributed by atoms with Gasteiger partial charge in [0.15, 0.2) is 11.5 Å². The molecule has 1 heterocycles. The highest BCUT2D eigenvalue weighted by molar-refractivity contribution is 5.78. The van der Waals surface area contributed by atoms with Crippen LogP contribution in [-0.4, -0.2) is 11.0 Å². The maximum absolute atomic E-state index is 12.6. The number of nitrogens with zero attached hydrogens (tertiary/aromatic N) is 1. The molecule has 0 N–H and O–H groups in total. The van der Waals surface area contributed by atoms with Gasteiger partial charge in [0, 0.05) is 18.9 Å². The number of esters is 1. The van der Waals surface area contributed by atoms with Crippen LogP contribution >= 0.6 is 0 Å². The fourth-order valence-electron chi connectivity index (χ4n) is 3.22. The summed E-state index contributed by atoms with van der Waals surface area (Å²) in [6.07, 6.45) is 0.251. The molecule has 0 radical (unpaired) electrons. The Balaban J connectivity index is 1.56. The van der Waals surface area contributed by atoms with Gasteiger partial charge in [-0.25, -0.2) is 4.98 Å². The number of hydrogen-bond acceptors (Lipinski definition) is 4. The summed E-state index contributed by atoms with van der Waals surface area (Å²) < 4.78 is 11.1. The molecule has 0 aliphatic heterocycles. The molecular formula is C23H19NO3. The Bertz CT molecular complexity index is 1020. The molecule has 4 nitrogen and oxygen atoms in total. The Morgan fingerprint density at radius 1 is 0.963 bits per heavy atom. The first-order chi connectivity index (χ1) is 13.2. The van der Waals surface area contributed by atoms with Gasteiger partial charge in [-0.2, -0.15) is 0 Å². The Kier molecular flexibility index (Phi) is 4.71. The lowest BCUT2D eigenvalue weighted by atomic mass is 9.89. The Labute approximate surface area is 157 Å². The second-order valence-electron chi connectivity index (χ2n) is 6.41. The Hall–Kier alpha value is -3.40. The average molecular weight is 357 g/mol. The molecule has 0 unspecified atom stereocenters. The lowest BCUT2D eigenvalue weighted by Gasteiger charge is -2.17. The van der Waals surface area contributed by atoms with Crippen molar-refractivity contribution in [3.05, 3.63) is 95.9 Å². The summed E-state index contributed by atoms with van der Waals surface area (Å²) in [6, 6.07) is 25.2. The quantitative estimate of drug-likeness (QED) is 0.361. The molecule has 4 heteroatoms. The highest BCUT2D eigenvalue weighted by Crippen LogP contribution is 2.29. The molecule has 0 aliphatic carbocycles. The maximum atomic E-state index is 12.6. The van der Waals surface area contributed by atoms with Crippen LogP contribution in [0.5, 0.6) is 5.75 Å². The average Bonchev–Trinajstić information content (AvgIpc) is 3.07. The van der Waals surface area contributed by atoms with Crippen LogP contribution in [0.3, 0.4) is 0 Å². The van der Waals surface area contributed by atoms with Gasteiger partial charge in [-0.15, -0.1) is 0 Å². The summed E-state index contributed by atoms with van der Waals surface area (Å²) >= 11 is 0. The van der Waals surface area contributed by atoms with Gasteiger partial charge in [0.05, 0.1) is 6.42 Å². The highest BCUT2D eigenvalue weighted by Gasteiger charge is 2.19. The molecule has 0 fully saturated rings. The number of fused-ring (bicyclic) bond motifs is 1. The van der Waals surface area contributed by atoms with E-state index in [-0.39, 0.29) is 18.3 Å². The minimum absolute atomic E-state index is 0.0591. The fraction of sp³-hybridized carbons (Fsp3) is 0.130. The number of oxazole rings is 1. The van der Waals surface area contributed by atoms with Crippen molar-refractivity contribution < 1.29 is 13.9 Å². The second-order valence-corrected chi connectivity index (χ2v) is 6.41. The maximum Gasteiger partial charge on any atom is 0.312 e.